The van der Waals surface area contributed by atoms with Crippen molar-refractivity contribution in [3.63, 3.8) is 0 Å². The van der Waals surface area contributed by atoms with E-state index in [1.807, 2.05) is 38.9 Å². The lowest BCUT2D eigenvalue weighted by atomic mass is 10.2. The van der Waals surface area contributed by atoms with Gasteiger partial charge in [-0.1, -0.05) is 19.1 Å². The van der Waals surface area contributed by atoms with Crippen LogP contribution in [0.25, 0.3) is 0 Å². The van der Waals surface area contributed by atoms with Gasteiger partial charge in [-0.15, -0.1) is 0 Å². The van der Waals surface area contributed by atoms with Crippen LogP contribution in [0.5, 0.6) is 0 Å². The lowest BCUT2D eigenvalue weighted by molar-refractivity contribution is 0.314. The number of rotatable bonds is 8. The van der Waals surface area contributed by atoms with Crippen molar-refractivity contribution >= 4 is 10.0 Å². The molecule has 0 aliphatic heterocycles. The van der Waals surface area contributed by atoms with Gasteiger partial charge in [-0.3, -0.25) is 0 Å². The summed E-state index contributed by atoms with van der Waals surface area (Å²) in [5.74, 6) is 0. The van der Waals surface area contributed by atoms with Crippen molar-refractivity contribution in [1.82, 2.24) is 14.9 Å². The lowest BCUT2D eigenvalue weighted by Crippen LogP contribution is -2.38. The minimum absolute atomic E-state index is 0.148. The Morgan fingerprint density at radius 2 is 2.00 bits per heavy atom. The first-order valence-corrected chi connectivity index (χ1v) is 8.31. The summed E-state index contributed by atoms with van der Waals surface area (Å²) in [6, 6.07) is 7.18. The number of likely N-dealkylation sites (N-methyl/N-ethyl adjacent to an activating group) is 1. The topological polar surface area (TPSA) is 61.4 Å². The summed E-state index contributed by atoms with van der Waals surface area (Å²) in [7, 11) is 0.412. The molecule has 0 radical (unpaired) electrons. The first kappa shape index (κ1) is 17.1. The summed E-state index contributed by atoms with van der Waals surface area (Å²) in [6.07, 6.45) is 0. The third kappa shape index (κ3) is 5.20. The third-order valence-electron chi connectivity index (χ3n) is 3.24. The van der Waals surface area contributed by atoms with Crippen LogP contribution < -0.4 is 10.0 Å². The van der Waals surface area contributed by atoms with Crippen LogP contribution in [-0.2, 0) is 16.6 Å². The molecule has 0 spiro atoms. The number of benzene rings is 1. The molecule has 5 nitrogen and oxygen atoms in total. The fraction of sp³-hybridized carbons (Fsp3) is 0.571. The van der Waals surface area contributed by atoms with E-state index >= 15 is 0 Å². The molecule has 0 aromatic heterocycles. The Morgan fingerprint density at radius 1 is 1.30 bits per heavy atom. The highest BCUT2D eigenvalue weighted by Gasteiger charge is 2.16. The molecule has 0 saturated heterocycles. The highest BCUT2D eigenvalue weighted by Crippen LogP contribution is 2.11. The Balaban J connectivity index is 2.76. The van der Waals surface area contributed by atoms with Crippen molar-refractivity contribution in [2.24, 2.45) is 0 Å². The van der Waals surface area contributed by atoms with E-state index in [0.29, 0.717) is 18.0 Å². The maximum Gasteiger partial charge on any atom is 0.240 e. The number of hydrogen-bond acceptors (Lipinski definition) is 4. The van der Waals surface area contributed by atoms with E-state index in [4.69, 9.17) is 0 Å². The van der Waals surface area contributed by atoms with Crippen molar-refractivity contribution in [3.05, 3.63) is 29.8 Å². The van der Waals surface area contributed by atoms with Gasteiger partial charge < -0.3 is 10.2 Å². The highest BCUT2D eigenvalue weighted by molar-refractivity contribution is 7.89. The van der Waals surface area contributed by atoms with Crippen LogP contribution >= 0.6 is 0 Å². The standard InChI is InChI=1S/C14H25N3O2S/c1-5-15-11-13-7-6-8-14(9-13)20(18,19)16-10-12(2)17(3)4/h6-9,12,15-16H,5,10-11H2,1-4H3. The van der Waals surface area contributed by atoms with E-state index in [0.717, 1.165) is 12.1 Å². The van der Waals surface area contributed by atoms with Crippen LogP contribution in [0, 0.1) is 0 Å². The minimum atomic E-state index is -3.44. The summed E-state index contributed by atoms with van der Waals surface area (Å²) >= 11 is 0. The number of nitrogens with zero attached hydrogens (tertiary/aromatic N) is 1. The van der Waals surface area contributed by atoms with Crippen molar-refractivity contribution in [2.45, 2.75) is 31.3 Å². The fourth-order valence-corrected chi connectivity index (χ4v) is 2.78. The molecule has 0 saturated carbocycles. The molecular weight excluding hydrogens is 274 g/mol. The molecule has 1 aromatic rings. The molecule has 114 valence electrons. The predicted octanol–water partition coefficient (Wildman–Crippen LogP) is 1.02. The summed E-state index contributed by atoms with van der Waals surface area (Å²) in [5.41, 5.74) is 0.968. The summed E-state index contributed by atoms with van der Waals surface area (Å²) < 4.78 is 27.1. The molecule has 0 amide bonds. The van der Waals surface area contributed by atoms with Crippen LogP contribution in [0.1, 0.15) is 19.4 Å². The van der Waals surface area contributed by atoms with Gasteiger partial charge >= 0.3 is 0 Å². The second kappa shape index (κ2) is 7.73. The molecule has 20 heavy (non-hydrogen) atoms. The molecule has 0 fully saturated rings. The normalized spacial score (nSPS) is 13.7. The van der Waals surface area contributed by atoms with E-state index in [9.17, 15) is 8.42 Å². The van der Waals surface area contributed by atoms with E-state index in [1.54, 1.807) is 18.2 Å². The minimum Gasteiger partial charge on any atom is -0.313 e. The van der Waals surface area contributed by atoms with Gasteiger partial charge in [-0.2, -0.15) is 0 Å². The van der Waals surface area contributed by atoms with Crippen LogP contribution in [0.2, 0.25) is 0 Å². The molecule has 0 bridgehead atoms. The summed E-state index contributed by atoms with van der Waals surface area (Å²) in [4.78, 5) is 2.29. The predicted molar refractivity (Wildman–Crippen MR) is 82.2 cm³/mol. The Kier molecular flexibility index (Phi) is 6.61. The number of sulfonamides is 1. The quantitative estimate of drug-likeness (QED) is 0.752. The smallest absolute Gasteiger partial charge is 0.240 e. The average Bonchev–Trinajstić information content (AvgIpc) is 2.42. The van der Waals surface area contributed by atoms with Gasteiger partial charge in [0.05, 0.1) is 4.90 Å². The third-order valence-corrected chi connectivity index (χ3v) is 4.66. The zero-order valence-electron chi connectivity index (χ0n) is 12.7. The van der Waals surface area contributed by atoms with Crippen LogP contribution in [0.15, 0.2) is 29.2 Å². The van der Waals surface area contributed by atoms with E-state index < -0.39 is 10.0 Å². The molecule has 1 aromatic carbocycles. The van der Waals surface area contributed by atoms with Crippen molar-refractivity contribution in [1.29, 1.82) is 0 Å². The highest BCUT2D eigenvalue weighted by atomic mass is 32.2. The molecule has 1 unspecified atom stereocenters. The second-order valence-corrected chi connectivity index (χ2v) is 6.86. The SMILES string of the molecule is CCNCc1cccc(S(=O)(=O)NCC(C)N(C)C)c1. The molecule has 0 aliphatic rings. The van der Waals surface area contributed by atoms with Crippen molar-refractivity contribution in [2.75, 3.05) is 27.2 Å². The van der Waals surface area contributed by atoms with Crippen molar-refractivity contribution < 1.29 is 8.42 Å². The Labute approximate surface area is 122 Å². The molecule has 0 aliphatic carbocycles. The molecule has 1 rings (SSSR count). The van der Waals surface area contributed by atoms with Crippen LogP contribution in [0.3, 0.4) is 0 Å². The molecule has 6 heteroatoms. The van der Waals surface area contributed by atoms with Gasteiger partial charge in [-0.05, 0) is 45.3 Å². The molecule has 0 heterocycles. The average molecular weight is 299 g/mol. The van der Waals surface area contributed by atoms with E-state index in [-0.39, 0.29) is 6.04 Å². The van der Waals surface area contributed by atoms with Crippen LogP contribution in [-0.4, -0.2) is 46.5 Å². The Bertz CT molecular complexity index is 515. The first-order valence-electron chi connectivity index (χ1n) is 6.82. The molecule has 2 N–H and O–H groups in total. The summed E-state index contributed by atoms with van der Waals surface area (Å²) in [6.45, 7) is 5.92. The monoisotopic (exact) mass is 299 g/mol. The second-order valence-electron chi connectivity index (χ2n) is 5.09. The van der Waals surface area contributed by atoms with Gasteiger partial charge in [0.15, 0.2) is 0 Å². The van der Waals surface area contributed by atoms with Gasteiger partial charge in [-0.25, -0.2) is 13.1 Å². The number of nitrogens with one attached hydrogen (secondary N) is 2. The first-order chi connectivity index (χ1) is 9.36. The Morgan fingerprint density at radius 3 is 2.60 bits per heavy atom. The molecule has 1 atom stereocenters. The van der Waals surface area contributed by atoms with Gasteiger partial charge in [0, 0.05) is 19.1 Å². The zero-order valence-corrected chi connectivity index (χ0v) is 13.5. The largest absolute Gasteiger partial charge is 0.313 e. The number of hydrogen-bond donors (Lipinski definition) is 2. The van der Waals surface area contributed by atoms with Gasteiger partial charge in [0.1, 0.15) is 0 Å². The van der Waals surface area contributed by atoms with Crippen LogP contribution in [0.4, 0.5) is 0 Å². The fourth-order valence-electron chi connectivity index (χ4n) is 1.59. The van der Waals surface area contributed by atoms with E-state index in [2.05, 4.69) is 10.0 Å². The van der Waals surface area contributed by atoms with Gasteiger partial charge in [0.2, 0.25) is 10.0 Å². The molecular formula is C14H25N3O2S. The maximum absolute atomic E-state index is 12.2. The lowest BCUT2D eigenvalue weighted by Gasteiger charge is -2.20. The summed E-state index contributed by atoms with van der Waals surface area (Å²) in [5, 5.41) is 3.19. The van der Waals surface area contributed by atoms with Gasteiger partial charge in [0.25, 0.3) is 0 Å². The maximum atomic E-state index is 12.2. The Hall–Kier alpha value is -0.950. The van der Waals surface area contributed by atoms with E-state index in [1.165, 1.54) is 0 Å². The zero-order chi connectivity index (χ0) is 15.2. The van der Waals surface area contributed by atoms with Crippen molar-refractivity contribution in [3.8, 4) is 0 Å².